The zero-order valence-electron chi connectivity index (χ0n) is 10.7. The van der Waals surface area contributed by atoms with Crippen molar-refractivity contribution in [2.24, 2.45) is 0 Å². The summed E-state index contributed by atoms with van der Waals surface area (Å²) in [6.45, 7) is 1.57. The zero-order valence-corrected chi connectivity index (χ0v) is 10.7. The van der Waals surface area contributed by atoms with Crippen LogP contribution in [0, 0.1) is 0 Å². The third-order valence-corrected chi connectivity index (χ3v) is 3.73. The number of halogens is 3. The van der Waals surface area contributed by atoms with Crippen LogP contribution in [-0.4, -0.2) is 6.54 Å². The Morgan fingerprint density at radius 3 is 2.35 bits per heavy atom. The van der Waals surface area contributed by atoms with Crippen molar-refractivity contribution < 1.29 is 13.2 Å². The van der Waals surface area contributed by atoms with Crippen molar-refractivity contribution in [3.8, 4) is 0 Å². The molecule has 0 aliphatic carbocycles. The summed E-state index contributed by atoms with van der Waals surface area (Å²) in [6.07, 6.45) is -4.28. The van der Waals surface area contributed by atoms with Gasteiger partial charge in [0.15, 0.2) is 0 Å². The van der Waals surface area contributed by atoms with Crippen LogP contribution in [0.4, 0.5) is 13.2 Å². The van der Waals surface area contributed by atoms with Gasteiger partial charge in [0.25, 0.3) is 0 Å². The topological polar surface area (TPSA) is 12.0 Å². The van der Waals surface area contributed by atoms with Crippen LogP contribution in [0.2, 0.25) is 0 Å². The van der Waals surface area contributed by atoms with Gasteiger partial charge in [-0.2, -0.15) is 13.2 Å². The van der Waals surface area contributed by atoms with Crippen LogP contribution in [0.5, 0.6) is 0 Å². The van der Waals surface area contributed by atoms with Gasteiger partial charge < -0.3 is 5.32 Å². The summed E-state index contributed by atoms with van der Waals surface area (Å²) in [4.78, 5) is 0. The molecule has 1 atom stereocenters. The van der Waals surface area contributed by atoms with Crippen LogP contribution in [0.15, 0.2) is 48.5 Å². The van der Waals surface area contributed by atoms with Crippen LogP contribution < -0.4 is 5.32 Å². The molecule has 1 unspecified atom stereocenters. The SMILES string of the molecule is FC(F)(F)c1ccc(C2CNCc3ccccc32)cc1. The maximum atomic E-state index is 12.6. The first-order valence-electron chi connectivity index (χ1n) is 6.51. The van der Waals surface area contributed by atoms with Crippen LogP contribution in [0.1, 0.15) is 28.2 Å². The maximum Gasteiger partial charge on any atom is 0.416 e. The third-order valence-electron chi connectivity index (χ3n) is 3.73. The van der Waals surface area contributed by atoms with Crippen LogP contribution in [0.25, 0.3) is 0 Å². The molecule has 1 aliphatic heterocycles. The molecular weight excluding hydrogens is 263 g/mol. The average Bonchev–Trinajstić information content (AvgIpc) is 2.46. The molecule has 4 heteroatoms. The molecule has 0 saturated heterocycles. The molecular formula is C16H14F3N. The Bertz CT molecular complexity index is 602. The Hall–Kier alpha value is -1.81. The predicted molar refractivity (Wildman–Crippen MR) is 71.4 cm³/mol. The first kappa shape index (κ1) is 13.2. The predicted octanol–water partition coefficient (Wildman–Crippen LogP) is 3.94. The summed E-state index contributed by atoms with van der Waals surface area (Å²) in [5.41, 5.74) is 2.73. The van der Waals surface area contributed by atoms with Gasteiger partial charge in [-0.05, 0) is 28.8 Å². The minimum Gasteiger partial charge on any atom is -0.312 e. The summed E-state index contributed by atoms with van der Waals surface area (Å²) in [7, 11) is 0. The molecule has 0 fully saturated rings. The molecule has 1 heterocycles. The van der Waals surface area contributed by atoms with Crippen molar-refractivity contribution in [1.82, 2.24) is 5.32 Å². The molecule has 20 heavy (non-hydrogen) atoms. The Kier molecular flexibility index (Phi) is 3.26. The van der Waals surface area contributed by atoms with E-state index in [0.29, 0.717) is 0 Å². The number of hydrogen-bond acceptors (Lipinski definition) is 1. The number of alkyl halides is 3. The van der Waals surface area contributed by atoms with E-state index in [-0.39, 0.29) is 5.92 Å². The van der Waals surface area contributed by atoms with Crippen molar-refractivity contribution in [2.75, 3.05) is 6.54 Å². The van der Waals surface area contributed by atoms with E-state index in [1.165, 1.54) is 11.1 Å². The minimum absolute atomic E-state index is 0.113. The zero-order chi connectivity index (χ0) is 14.2. The van der Waals surface area contributed by atoms with Crippen molar-refractivity contribution >= 4 is 0 Å². The molecule has 0 bridgehead atoms. The number of rotatable bonds is 1. The average molecular weight is 277 g/mol. The van der Waals surface area contributed by atoms with Gasteiger partial charge in [-0.1, -0.05) is 36.4 Å². The fourth-order valence-electron chi connectivity index (χ4n) is 2.70. The second-order valence-corrected chi connectivity index (χ2v) is 5.00. The fourth-order valence-corrected chi connectivity index (χ4v) is 2.70. The summed E-state index contributed by atoms with van der Waals surface area (Å²) < 4.78 is 37.8. The van der Waals surface area contributed by atoms with Gasteiger partial charge in [0.1, 0.15) is 0 Å². The largest absolute Gasteiger partial charge is 0.416 e. The maximum absolute atomic E-state index is 12.6. The van der Waals surface area contributed by atoms with Gasteiger partial charge in [0.05, 0.1) is 5.56 Å². The van der Waals surface area contributed by atoms with Gasteiger partial charge in [-0.25, -0.2) is 0 Å². The van der Waals surface area contributed by atoms with E-state index >= 15 is 0 Å². The minimum atomic E-state index is -4.28. The highest BCUT2D eigenvalue weighted by molar-refractivity contribution is 5.41. The molecule has 104 valence electrons. The quantitative estimate of drug-likeness (QED) is 0.832. The van der Waals surface area contributed by atoms with E-state index in [1.807, 2.05) is 12.1 Å². The first-order chi connectivity index (χ1) is 9.55. The van der Waals surface area contributed by atoms with Crippen molar-refractivity contribution in [2.45, 2.75) is 18.6 Å². The standard InChI is InChI=1S/C16H14F3N/c17-16(18,19)13-7-5-11(6-8-13)15-10-20-9-12-3-1-2-4-14(12)15/h1-8,15,20H,9-10H2. The number of benzene rings is 2. The van der Waals surface area contributed by atoms with Gasteiger partial charge in [0, 0.05) is 19.0 Å². The molecule has 0 spiro atoms. The molecule has 0 saturated carbocycles. The molecule has 3 rings (SSSR count). The van der Waals surface area contributed by atoms with Gasteiger partial charge >= 0.3 is 6.18 Å². The fraction of sp³-hybridized carbons (Fsp3) is 0.250. The smallest absolute Gasteiger partial charge is 0.312 e. The van der Waals surface area contributed by atoms with Crippen molar-refractivity contribution in [1.29, 1.82) is 0 Å². The molecule has 0 aromatic heterocycles. The lowest BCUT2D eigenvalue weighted by molar-refractivity contribution is -0.137. The second kappa shape index (κ2) is 4.94. The van der Waals surface area contributed by atoms with Crippen molar-refractivity contribution in [3.63, 3.8) is 0 Å². The second-order valence-electron chi connectivity index (χ2n) is 5.00. The Morgan fingerprint density at radius 2 is 1.65 bits per heavy atom. The number of fused-ring (bicyclic) bond motifs is 1. The Morgan fingerprint density at radius 1 is 0.950 bits per heavy atom. The van der Waals surface area contributed by atoms with Gasteiger partial charge in [-0.3, -0.25) is 0 Å². The summed E-state index contributed by atoms with van der Waals surface area (Å²) >= 11 is 0. The molecule has 2 aromatic rings. The Balaban J connectivity index is 1.95. The highest BCUT2D eigenvalue weighted by Crippen LogP contribution is 2.33. The molecule has 0 radical (unpaired) electrons. The highest BCUT2D eigenvalue weighted by Gasteiger charge is 2.30. The first-order valence-corrected chi connectivity index (χ1v) is 6.51. The molecule has 2 aromatic carbocycles. The summed E-state index contributed by atoms with van der Waals surface area (Å²) in [5.74, 6) is 0.113. The molecule has 1 N–H and O–H groups in total. The van der Waals surface area contributed by atoms with E-state index in [4.69, 9.17) is 0 Å². The van der Waals surface area contributed by atoms with Gasteiger partial charge in [0.2, 0.25) is 0 Å². The van der Waals surface area contributed by atoms with E-state index in [0.717, 1.165) is 30.8 Å². The van der Waals surface area contributed by atoms with E-state index in [1.54, 1.807) is 12.1 Å². The van der Waals surface area contributed by atoms with Crippen LogP contribution in [0.3, 0.4) is 0 Å². The lowest BCUT2D eigenvalue weighted by atomic mass is 9.85. The normalized spacial score (nSPS) is 18.6. The summed E-state index contributed by atoms with van der Waals surface area (Å²) in [6, 6.07) is 13.5. The van der Waals surface area contributed by atoms with Crippen LogP contribution in [-0.2, 0) is 12.7 Å². The van der Waals surface area contributed by atoms with E-state index in [9.17, 15) is 13.2 Å². The van der Waals surface area contributed by atoms with E-state index in [2.05, 4.69) is 17.4 Å². The Labute approximate surface area is 115 Å². The number of nitrogens with one attached hydrogen (secondary N) is 1. The highest BCUT2D eigenvalue weighted by atomic mass is 19.4. The van der Waals surface area contributed by atoms with Crippen molar-refractivity contribution in [3.05, 3.63) is 70.8 Å². The van der Waals surface area contributed by atoms with Crippen LogP contribution >= 0.6 is 0 Å². The van der Waals surface area contributed by atoms with E-state index < -0.39 is 11.7 Å². The monoisotopic (exact) mass is 277 g/mol. The number of hydrogen-bond donors (Lipinski definition) is 1. The molecule has 0 amide bonds. The van der Waals surface area contributed by atoms with Gasteiger partial charge in [-0.15, -0.1) is 0 Å². The molecule has 1 aliphatic rings. The molecule has 1 nitrogen and oxygen atoms in total. The third kappa shape index (κ3) is 2.43. The lowest BCUT2D eigenvalue weighted by Gasteiger charge is -2.27. The lowest BCUT2D eigenvalue weighted by Crippen LogP contribution is -2.28. The summed E-state index contributed by atoms with van der Waals surface area (Å²) in [5, 5.41) is 3.31.